The van der Waals surface area contributed by atoms with E-state index in [0.29, 0.717) is 12.1 Å². The van der Waals surface area contributed by atoms with Crippen LogP contribution in [0.1, 0.15) is 42.0 Å². The first-order chi connectivity index (χ1) is 10.0. The molecular formula is C17H29N3S. The molecule has 21 heavy (non-hydrogen) atoms. The number of thiophene rings is 1. The van der Waals surface area contributed by atoms with Crippen molar-refractivity contribution in [2.24, 2.45) is 0 Å². The smallest absolute Gasteiger partial charge is 0.0302 e. The van der Waals surface area contributed by atoms with E-state index in [-0.39, 0.29) is 0 Å². The maximum absolute atomic E-state index is 3.63. The molecule has 0 amide bonds. The molecule has 1 aromatic rings. The largest absolute Gasteiger partial charge is 0.309 e. The highest BCUT2D eigenvalue weighted by atomic mass is 32.1. The molecule has 1 aromatic heterocycles. The lowest BCUT2D eigenvalue weighted by molar-refractivity contribution is 0.0556. The zero-order valence-electron chi connectivity index (χ0n) is 13.9. The van der Waals surface area contributed by atoms with Crippen LogP contribution in [-0.2, 0) is 13.1 Å². The Hall–Kier alpha value is -0.420. The van der Waals surface area contributed by atoms with Crippen LogP contribution in [0, 0.1) is 6.92 Å². The Morgan fingerprint density at radius 2 is 1.90 bits per heavy atom. The van der Waals surface area contributed by atoms with E-state index in [4.69, 9.17) is 0 Å². The summed E-state index contributed by atoms with van der Waals surface area (Å²) in [6, 6.07) is 4.55. The van der Waals surface area contributed by atoms with Gasteiger partial charge in [0, 0.05) is 54.1 Å². The molecule has 2 unspecified atom stereocenters. The van der Waals surface area contributed by atoms with E-state index in [2.05, 4.69) is 49.0 Å². The Morgan fingerprint density at radius 1 is 1.24 bits per heavy atom. The monoisotopic (exact) mass is 307 g/mol. The van der Waals surface area contributed by atoms with E-state index in [9.17, 15) is 0 Å². The second-order valence-electron chi connectivity index (χ2n) is 7.01. The normalized spacial score (nSPS) is 28.2. The van der Waals surface area contributed by atoms with Gasteiger partial charge >= 0.3 is 0 Å². The summed E-state index contributed by atoms with van der Waals surface area (Å²) >= 11 is 1.98. The first-order valence-corrected chi connectivity index (χ1v) is 9.10. The van der Waals surface area contributed by atoms with Gasteiger partial charge in [-0.2, -0.15) is 0 Å². The fourth-order valence-electron chi connectivity index (χ4n) is 3.25. The van der Waals surface area contributed by atoms with Crippen LogP contribution in [0.3, 0.4) is 0 Å². The van der Waals surface area contributed by atoms with Gasteiger partial charge in [-0.05, 0) is 52.3 Å². The van der Waals surface area contributed by atoms with Crippen LogP contribution in [0.4, 0.5) is 0 Å². The molecule has 1 N–H and O–H groups in total. The molecule has 1 aliphatic heterocycles. The predicted octanol–water partition coefficient (Wildman–Crippen LogP) is 2.83. The molecule has 0 radical (unpaired) electrons. The third-order valence-corrected chi connectivity index (χ3v) is 6.14. The van der Waals surface area contributed by atoms with E-state index in [0.717, 1.165) is 19.1 Å². The molecule has 2 heterocycles. The van der Waals surface area contributed by atoms with Crippen LogP contribution in [0.2, 0.25) is 0 Å². The number of hydrogen-bond acceptors (Lipinski definition) is 4. The van der Waals surface area contributed by atoms with Crippen molar-refractivity contribution in [3.8, 4) is 0 Å². The van der Waals surface area contributed by atoms with Gasteiger partial charge in [0.05, 0.1) is 0 Å². The lowest BCUT2D eigenvalue weighted by Crippen LogP contribution is -2.54. The molecule has 2 aliphatic rings. The molecule has 4 heteroatoms. The number of nitrogens with one attached hydrogen (secondary N) is 1. The van der Waals surface area contributed by atoms with Crippen molar-refractivity contribution in [1.82, 2.24) is 15.1 Å². The van der Waals surface area contributed by atoms with Crippen molar-refractivity contribution in [2.75, 3.05) is 20.1 Å². The molecule has 2 fully saturated rings. The molecule has 0 aromatic carbocycles. The van der Waals surface area contributed by atoms with Crippen molar-refractivity contribution in [1.29, 1.82) is 0 Å². The summed E-state index contributed by atoms with van der Waals surface area (Å²) in [4.78, 5) is 8.14. The molecule has 1 saturated carbocycles. The molecule has 0 spiro atoms. The van der Waals surface area contributed by atoms with Gasteiger partial charge in [0.2, 0.25) is 0 Å². The summed E-state index contributed by atoms with van der Waals surface area (Å²) in [7, 11) is 2.25. The molecule has 2 atom stereocenters. The molecule has 3 rings (SSSR count). The fraction of sp³-hybridized carbons (Fsp3) is 0.765. The average molecular weight is 308 g/mol. The van der Waals surface area contributed by atoms with Gasteiger partial charge in [-0.1, -0.05) is 0 Å². The second kappa shape index (κ2) is 6.37. The molecule has 3 nitrogen and oxygen atoms in total. The van der Waals surface area contributed by atoms with Crippen molar-refractivity contribution < 1.29 is 0 Å². The highest BCUT2D eigenvalue weighted by Crippen LogP contribution is 2.26. The van der Waals surface area contributed by atoms with Crippen molar-refractivity contribution in [3.05, 3.63) is 21.4 Å². The Kier molecular flexibility index (Phi) is 4.69. The summed E-state index contributed by atoms with van der Waals surface area (Å²) in [5, 5.41) is 3.63. The van der Waals surface area contributed by atoms with Crippen LogP contribution in [-0.4, -0.2) is 48.1 Å². The van der Waals surface area contributed by atoms with Gasteiger partial charge in [-0.25, -0.2) is 0 Å². The number of piperazine rings is 1. The van der Waals surface area contributed by atoms with E-state index >= 15 is 0 Å². The number of aryl methyl sites for hydroxylation is 1. The number of hydrogen-bond donors (Lipinski definition) is 1. The minimum atomic E-state index is 0.656. The summed E-state index contributed by atoms with van der Waals surface area (Å²) in [5.74, 6) is 0. The summed E-state index contributed by atoms with van der Waals surface area (Å²) < 4.78 is 0. The zero-order chi connectivity index (χ0) is 15.0. The lowest BCUT2D eigenvalue weighted by Gasteiger charge is -2.42. The Morgan fingerprint density at radius 3 is 2.52 bits per heavy atom. The van der Waals surface area contributed by atoms with Crippen LogP contribution in [0.15, 0.2) is 6.07 Å². The summed E-state index contributed by atoms with van der Waals surface area (Å²) in [5.41, 5.74) is 1.54. The highest BCUT2D eigenvalue weighted by molar-refractivity contribution is 7.12. The van der Waals surface area contributed by atoms with Crippen LogP contribution >= 0.6 is 11.3 Å². The van der Waals surface area contributed by atoms with Gasteiger partial charge in [0.1, 0.15) is 0 Å². The van der Waals surface area contributed by atoms with Gasteiger partial charge in [0.15, 0.2) is 0 Å². The summed E-state index contributed by atoms with van der Waals surface area (Å²) in [6.45, 7) is 11.5. The quantitative estimate of drug-likeness (QED) is 0.902. The van der Waals surface area contributed by atoms with Gasteiger partial charge in [-0.15, -0.1) is 11.3 Å². The van der Waals surface area contributed by atoms with Gasteiger partial charge in [-0.3, -0.25) is 9.80 Å². The zero-order valence-corrected chi connectivity index (χ0v) is 14.7. The minimum absolute atomic E-state index is 0.656. The van der Waals surface area contributed by atoms with E-state index < -0.39 is 0 Å². The maximum atomic E-state index is 3.63. The molecule has 1 aliphatic carbocycles. The lowest BCUT2D eigenvalue weighted by atomic mass is 10.1. The van der Waals surface area contributed by atoms with Gasteiger partial charge in [0.25, 0.3) is 0 Å². The SMILES string of the molecule is Cc1sc(CNC2CC2)cc1CN1CC(C)N(C)C(C)C1. The molecule has 0 bridgehead atoms. The molecule has 118 valence electrons. The Bertz CT molecular complexity index is 468. The average Bonchev–Trinajstić information content (AvgIpc) is 3.19. The fourth-order valence-corrected chi connectivity index (χ4v) is 4.25. The third-order valence-electron chi connectivity index (χ3n) is 5.04. The molecular weight excluding hydrogens is 278 g/mol. The number of rotatable bonds is 5. The first-order valence-electron chi connectivity index (χ1n) is 8.28. The number of nitrogens with zero attached hydrogens (tertiary/aromatic N) is 2. The van der Waals surface area contributed by atoms with Crippen molar-refractivity contribution >= 4 is 11.3 Å². The third kappa shape index (κ3) is 3.86. The van der Waals surface area contributed by atoms with Crippen molar-refractivity contribution in [2.45, 2.75) is 64.8 Å². The van der Waals surface area contributed by atoms with Crippen molar-refractivity contribution in [3.63, 3.8) is 0 Å². The highest BCUT2D eigenvalue weighted by Gasteiger charge is 2.27. The van der Waals surface area contributed by atoms with Crippen LogP contribution < -0.4 is 5.32 Å². The maximum Gasteiger partial charge on any atom is 0.0302 e. The van der Waals surface area contributed by atoms with E-state index in [1.54, 1.807) is 0 Å². The number of likely N-dealkylation sites (N-methyl/N-ethyl adjacent to an activating group) is 1. The molecule has 1 saturated heterocycles. The topological polar surface area (TPSA) is 18.5 Å². The summed E-state index contributed by atoms with van der Waals surface area (Å²) in [6.07, 6.45) is 2.74. The first kappa shape index (κ1) is 15.5. The van der Waals surface area contributed by atoms with Crippen LogP contribution in [0.5, 0.6) is 0 Å². The van der Waals surface area contributed by atoms with Gasteiger partial charge < -0.3 is 5.32 Å². The Labute approximate surface area is 133 Å². The standard InChI is InChI=1S/C17H29N3S/c1-12-9-20(10-13(2)19(12)4)11-15-7-17(21-14(15)3)8-18-16-5-6-16/h7,12-13,16,18H,5-6,8-11H2,1-4H3. The van der Waals surface area contributed by atoms with E-state index in [1.807, 2.05) is 11.3 Å². The Balaban J connectivity index is 1.58. The van der Waals surface area contributed by atoms with Crippen LogP contribution in [0.25, 0.3) is 0 Å². The second-order valence-corrected chi connectivity index (χ2v) is 8.35. The minimum Gasteiger partial charge on any atom is -0.309 e. The predicted molar refractivity (Wildman–Crippen MR) is 90.9 cm³/mol. The van der Waals surface area contributed by atoms with E-state index in [1.165, 1.54) is 41.2 Å².